The third kappa shape index (κ3) is 6.24. The maximum Gasteiger partial charge on any atom is 0.407 e. The van der Waals surface area contributed by atoms with Crippen molar-refractivity contribution in [2.75, 3.05) is 18.6 Å². The van der Waals surface area contributed by atoms with E-state index in [2.05, 4.69) is 29.6 Å². The van der Waals surface area contributed by atoms with Crippen LogP contribution in [0.1, 0.15) is 23.5 Å². The predicted octanol–water partition coefficient (Wildman–Crippen LogP) is 4.84. The molecule has 0 saturated carbocycles. The fourth-order valence-corrected chi connectivity index (χ4v) is 5.93. The Hall–Kier alpha value is -2.03. The van der Waals surface area contributed by atoms with E-state index in [4.69, 9.17) is 21.4 Å². The van der Waals surface area contributed by atoms with E-state index in [-0.39, 0.29) is 12.5 Å². The molecule has 1 N–H and O–H groups in total. The van der Waals surface area contributed by atoms with Crippen LogP contribution in [0.2, 0.25) is 19.6 Å². The molecule has 1 amide bonds. The third-order valence-corrected chi connectivity index (χ3v) is 7.18. The van der Waals surface area contributed by atoms with Crippen LogP contribution in [0, 0.1) is 0 Å². The summed E-state index contributed by atoms with van der Waals surface area (Å²) in [5.41, 5.74) is 4.68. The lowest BCUT2D eigenvalue weighted by Crippen LogP contribution is -2.45. The highest BCUT2D eigenvalue weighted by Crippen LogP contribution is 2.44. The molecule has 166 valence electrons. The van der Waals surface area contributed by atoms with Gasteiger partial charge in [0.15, 0.2) is 5.05 Å². The maximum atomic E-state index is 12.6. The Morgan fingerprint density at radius 1 is 1.10 bits per heavy atom. The fraction of sp³-hybridized carbons (Fsp3) is 0.391. The van der Waals surface area contributed by atoms with Crippen molar-refractivity contribution in [2.45, 2.75) is 38.0 Å². The number of rotatable bonds is 8. The van der Waals surface area contributed by atoms with Gasteiger partial charge in [0.25, 0.3) is 0 Å². The molecule has 3 rings (SSSR count). The molecule has 2 aromatic carbocycles. The Bertz CT molecular complexity index is 944. The van der Waals surface area contributed by atoms with E-state index in [0.717, 1.165) is 11.1 Å². The number of alkyl carbamates (subject to hydrolysis) is 1. The van der Waals surface area contributed by atoms with Crippen LogP contribution in [0.3, 0.4) is 0 Å². The maximum absolute atomic E-state index is 12.6. The van der Waals surface area contributed by atoms with E-state index in [9.17, 15) is 9.00 Å². The van der Waals surface area contributed by atoms with Crippen LogP contribution in [0.25, 0.3) is 11.1 Å². The van der Waals surface area contributed by atoms with Gasteiger partial charge in [-0.1, -0.05) is 48.5 Å². The predicted molar refractivity (Wildman–Crippen MR) is 133 cm³/mol. The summed E-state index contributed by atoms with van der Waals surface area (Å²) in [6.45, 7) is 6.32. The summed E-state index contributed by atoms with van der Waals surface area (Å²) >= 11 is 5.43. The first-order chi connectivity index (χ1) is 14.7. The highest BCUT2D eigenvalue weighted by Gasteiger charge is 2.30. The highest BCUT2D eigenvalue weighted by molar-refractivity contribution is 7.84. The minimum absolute atomic E-state index is 0.00932. The molecule has 0 bridgehead atoms. The van der Waals surface area contributed by atoms with Crippen molar-refractivity contribution in [2.24, 2.45) is 0 Å². The number of carbonyl (C=O) groups is 1. The monoisotopic (exact) mass is 475 g/mol. The molecule has 31 heavy (non-hydrogen) atoms. The normalized spacial score (nSPS) is 14.8. The summed E-state index contributed by atoms with van der Waals surface area (Å²) in [7, 11) is -2.91. The second-order valence-corrected chi connectivity index (χ2v) is 15.0. The van der Waals surface area contributed by atoms with Crippen LogP contribution in [0.15, 0.2) is 48.5 Å². The Morgan fingerprint density at radius 2 is 1.65 bits per heavy atom. The van der Waals surface area contributed by atoms with Crippen molar-refractivity contribution < 1.29 is 18.2 Å². The minimum Gasteiger partial charge on any atom is -0.538 e. The zero-order chi connectivity index (χ0) is 22.6. The number of benzene rings is 2. The minimum atomic E-state index is -1.92. The van der Waals surface area contributed by atoms with Crippen LogP contribution < -0.4 is 5.32 Å². The number of fused-ring (bicyclic) bond motifs is 3. The van der Waals surface area contributed by atoms with E-state index in [1.54, 1.807) is 6.26 Å². The number of hydrogen-bond donors (Lipinski definition) is 1. The van der Waals surface area contributed by atoms with Crippen molar-refractivity contribution in [1.82, 2.24) is 5.32 Å². The fourth-order valence-electron chi connectivity index (χ4n) is 3.69. The summed E-state index contributed by atoms with van der Waals surface area (Å²) in [4.78, 5) is 12.6. The molecule has 0 heterocycles. The molecule has 8 heteroatoms. The Morgan fingerprint density at radius 3 is 2.16 bits per heavy atom. The van der Waals surface area contributed by atoms with Gasteiger partial charge < -0.3 is 14.5 Å². The number of hydrogen-bond acceptors (Lipinski definition) is 5. The molecular formula is C23H29NO4S2Si. The second kappa shape index (κ2) is 10.1. The average molecular weight is 476 g/mol. The number of nitrogens with one attached hydrogen (secondary N) is 1. The number of carbonyl (C=O) groups excluding carboxylic acids is 1. The largest absolute Gasteiger partial charge is 0.538 e. The van der Waals surface area contributed by atoms with Gasteiger partial charge in [0, 0.05) is 28.7 Å². The Labute approximate surface area is 193 Å². The first kappa shape index (κ1) is 23.6. The van der Waals surface area contributed by atoms with E-state index in [0.29, 0.717) is 17.2 Å². The van der Waals surface area contributed by atoms with Crippen molar-refractivity contribution >= 4 is 42.5 Å². The number of ether oxygens (including phenoxy) is 1. The first-order valence-electron chi connectivity index (χ1n) is 10.3. The molecule has 2 atom stereocenters. The third-order valence-electron chi connectivity index (χ3n) is 5.02. The molecule has 1 aliphatic rings. The topological polar surface area (TPSA) is 64.6 Å². The smallest absolute Gasteiger partial charge is 0.407 e. The van der Waals surface area contributed by atoms with Crippen LogP contribution in [-0.2, 0) is 20.0 Å². The summed E-state index contributed by atoms with van der Waals surface area (Å²) in [5.74, 6) is 0.411. The molecule has 1 aliphatic carbocycles. The first-order valence-corrected chi connectivity index (χ1v) is 15.8. The lowest BCUT2D eigenvalue weighted by Gasteiger charge is -2.26. The van der Waals surface area contributed by atoms with Crippen molar-refractivity contribution in [3.05, 3.63) is 59.7 Å². The van der Waals surface area contributed by atoms with E-state index < -0.39 is 31.3 Å². The molecule has 2 aromatic rings. The lowest BCUT2D eigenvalue weighted by atomic mass is 9.98. The van der Waals surface area contributed by atoms with Crippen LogP contribution in [-0.4, -0.2) is 48.3 Å². The Balaban J connectivity index is 1.67. The van der Waals surface area contributed by atoms with Gasteiger partial charge in [-0.05, 0) is 60.5 Å². The van der Waals surface area contributed by atoms with Crippen molar-refractivity contribution in [3.8, 4) is 11.1 Å². The van der Waals surface area contributed by atoms with Gasteiger partial charge in [-0.3, -0.25) is 4.21 Å². The molecule has 5 nitrogen and oxygen atoms in total. The van der Waals surface area contributed by atoms with Crippen LogP contribution >= 0.6 is 12.2 Å². The van der Waals surface area contributed by atoms with E-state index in [1.165, 1.54) is 11.1 Å². The molecule has 0 aliphatic heterocycles. The average Bonchev–Trinajstić information content (AvgIpc) is 3.02. The van der Waals surface area contributed by atoms with Gasteiger partial charge >= 0.3 is 6.09 Å². The summed E-state index contributed by atoms with van der Waals surface area (Å²) < 4.78 is 23.1. The van der Waals surface area contributed by atoms with Crippen molar-refractivity contribution in [1.29, 1.82) is 0 Å². The Kier molecular flexibility index (Phi) is 7.67. The van der Waals surface area contributed by atoms with Gasteiger partial charge in [-0.15, -0.1) is 0 Å². The number of thiocarbonyl (C=S) groups is 1. The summed E-state index contributed by atoms with van der Waals surface area (Å²) in [6.07, 6.45) is 1.53. The molecule has 0 fully saturated rings. The summed E-state index contributed by atoms with van der Waals surface area (Å²) in [6, 6.07) is 15.9. The SMILES string of the molecule is CS(=O)CCC(NC(=O)OCC1c2ccccc2-c2ccccc21)C(=S)O[Si](C)(C)C. The molecule has 0 saturated heterocycles. The van der Waals surface area contributed by atoms with Gasteiger partial charge in [-0.2, -0.15) is 0 Å². The molecule has 0 spiro atoms. The van der Waals surface area contributed by atoms with Gasteiger partial charge in [0.2, 0.25) is 8.32 Å². The molecule has 0 radical (unpaired) electrons. The van der Waals surface area contributed by atoms with Gasteiger partial charge in [-0.25, -0.2) is 4.79 Å². The van der Waals surface area contributed by atoms with Crippen LogP contribution in [0.4, 0.5) is 4.79 Å². The standard InChI is InChI=1S/C23H29NO4S2Si/c1-30(26)14-13-21(22(29)28-31(2,3)4)24-23(25)27-15-20-18-11-7-5-9-16(18)17-10-6-8-12-19(17)20/h5-12,20-21H,13-15H2,1-4H3,(H,24,25). The van der Waals surface area contributed by atoms with E-state index >= 15 is 0 Å². The van der Waals surface area contributed by atoms with Gasteiger partial charge in [0.1, 0.15) is 12.6 Å². The van der Waals surface area contributed by atoms with Gasteiger partial charge in [0.05, 0.1) is 0 Å². The number of amides is 1. The molecular weight excluding hydrogens is 446 g/mol. The van der Waals surface area contributed by atoms with Crippen LogP contribution in [0.5, 0.6) is 0 Å². The zero-order valence-electron chi connectivity index (χ0n) is 18.3. The summed E-state index contributed by atoms with van der Waals surface area (Å²) in [5, 5.41) is 3.16. The zero-order valence-corrected chi connectivity index (χ0v) is 21.0. The van der Waals surface area contributed by atoms with Crippen molar-refractivity contribution in [3.63, 3.8) is 0 Å². The quantitative estimate of drug-likeness (QED) is 0.437. The molecule has 0 aromatic heterocycles. The lowest BCUT2D eigenvalue weighted by molar-refractivity contribution is 0.141. The molecule has 2 unspecified atom stereocenters. The second-order valence-electron chi connectivity index (χ2n) is 8.62. The highest BCUT2D eigenvalue weighted by atomic mass is 32.2. The van der Waals surface area contributed by atoms with E-state index in [1.807, 2.05) is 43.9 Å².